The Hall–Kier alpha value is -4.28. The molecule has 5 nitrogen and oxygen atoms in total. The van der Waals surface area contributed by atoms with Crippen LogP contribution in [-0.2, 0) is 12.4 Å². The Morgan fingerprint density at radius 2 is 1.44 bits per heavy atom. The van der Waals surface area contributed by atoms with Gasteiger partial charge in [-0.25, -0.2) is 4.98 Å². The summed E-state index contributed by atoms with van der Waals surface area (Å²) in [6, 6.07) is 15.7. The zero-order valence-corrected chi connectivity index (χ0v) is 18.5. The smallest absolute Gasteiger partial charge is 0.416 e. The normalized spacial score (nSPS) is 11.9. The third kappa shape index (κ3) is 5.51. The van der Waals surface area contributed by atoms with E-state index in [2.05, 4.69) is 15.6 Å². The van der Waals surface area contributed by atoms with Gasteiger partial charge in [-0.05, 0) is 60.7 Å². The highest BCUT2D eigenvalue weighted by Gasteiger charge is 2.37. The average molecular weight is 505 g/mol. The number of anilines is 3. The van der Waals surface area contributed by atoms with Crippen LogP contribution in [0, 0.1) is 0 Å². The van der Waals surface area contributed by atoms with E-state index in [-0.39, 0.29) is 11.8 Å². The zero-order chi connectivity index (χ0) is 26.1. The van der Waals surface area contributed by atoms with E-state index in [1.54, 1.807) is 49.6 Å². The molecule has 0 aliphatic carbocycles. The molecule has 0 aliphatic heterocycles. The summed E-state index contributed by atoms with van der Waals surface area (Å²) in [5.74, 6) is -0.00821. The van der Waals surface area contributed by atoms with E-state index in [1.807, 2.05) is 0 Å². The fraction of sp³-hybridized carbons (Fsp3) is 0.120. The van der Waals surface area contributed by atoms with Crippen LogP contribution in [-0.4, -0.2) is 18.0 Å². The number of hydrogen-bond donors (Lipinski definition) is 2. The number of halogens is 6. The quantitative estimate of drug-likeness (QED) is 0.280. The molecule has 4 rings (SSSR count). The molecule has 0 atom stereocenters. The first-order chi connectivity index (χ1) is 16.9. The third-order valence-corrected chi connectivity index (χ3v) is 5.15. The van der Waals surface area contributed by atoms with Crippen LogP contribution in [0.25, 0.3) is 10.9 Å². The van der Waals surface area contributed by atoms with Crippen molar-refractivity contribution in [3.8, 4) is 5.75 Å². The number of fused-ring (bicyclic) bond motifs is 1. The maximum atomic E-state index is 13.1. The molecular weight excluding hydrogens is 488 g/mol. The number of nitrogens with zero attached hydrogens (tertiary/aromatic N) is 1. The van der Waals surface area contributed by atoms with Crippen molar-refractivity contribution in [1.29, 1.82) is 0 Å². The Morgan fingerprint density at radius 3 is 2.08 bits per heavy atom. The highest BCUT2D eigenvalue weighted by molar-refractivity contribution is 6.04. The van der Waals surface area contributed by atoms with Crippen LogP contribution in [0.5, 0.6) is 5.75 Å². The molecule has 0 fully saturated rings. The van der Waals surface area contributed by atoms with Gasteiger partial charge in [-0.2, -0.15) is 26.3 Å². The van der Waals surface area contributed by atoms with E-state index in [4.69, 9.17) is 4.74 Å². The fourth-order valence-electron chi connectivity index (χ4n) is 3.49. The molecule has 2 N–H and O–H groups in total. The summed E-state index contributed by atoms with van der Waals surface area (Å²) in [5.41, 5.74) is -2.63. The summed E-state index contributed by atoms with van der Waals surface area (Å²) < 4.78 is 83.9. The molecule has 1 heterocycles. The molecule has 0 unspecified atom stereocenters. The Labute approximate surface area is 200 Å². The molecule has 0 saturated heterocycles. The molecule has 11 heteroatoms. The topological polar surface area (TPSA) is 63.2 Å². The summed E-state index contributed by atoms with van der Waals surface area (Å²) in [4.78, 5) is 17.0. The first-order valence-corrected chi connectivity index (χ1v) is 10.4. The molecule has 1 amide bonds. The molecule has 0 bridgehead atoms. The summed E-state index contributed by atoms with van der Waals surface area (Å²) in [5, 5.41) is 6.18. The van der Waals surface area contributed by atoms with E-state index in [0.717, 1.165) is 5.39 Å². The standard InChI is InChI=1S/C25H17F6N3O2/c1-36-21-7-3-6-20-19(21)8-9-22(34-20)32-17-4-2-5-18(13-17)33-23(35)14-10-15(24(26,27)28)12-16(11-14)25(29,30)31/h2-13H,1H3,(H,32,34)(H,33,35). The molecule has 4 aromatic rings. The monoisotopic (exact) mass is 505 g/mol. The van der Waals surface area contributed by atoms with Crippen LogP contribution in [0.3, 0.4) is 0 Å². The summed E-state index contributed by atoms with van der Waals surface area (Å²) in [7, 11) is 1.55. The van der Waals surface area contributed by atoms with Gasteiger partial charge < -0.3 is 15.4 Å². The number of carbonyl (C=O) groups is 1. The van der Waals surface area contributed by atoms with E-state index < -0.39 is 35.0 Å². The lowest BCUT2D eigenvalue weighted by atomic mass is 10.0. The lowest BCUT2D eigenvalue weighted by Gasteiger charge is -2.14. The number of nitrogens with one attached hydrogen (secondary N) is 2. The number of rotatable bonds is 5. The van der Waals surface area contributed by atoms with Gasteiger partial charge in [0.15, 0.2) is 0 Å². The number of aromatic nitrogens is 1. The van der Waals surface area contributed by atoms with E-state index in [1.165, 1.54) is 12.1 Å². The van der Waals surface area contributed by atoms with Crippen LogP contribution in [0.15, 0.2) is 72.8 Å². The lowest BCUT2D eigenvalue weighted by Crippen LogP contribution is -2.17. The highest BCUT2D eigenvalue weighted by Crippen LogP contribution is 2.36. The fourth-order valence-corrected chi connectivity index (χ4v) is 3.49. The predicted octanol–water partition coefficient (Wildman–Crippen LogP) is 7.28. The number of amides is 1. The van der Waals surface area contributed by atoms with Crippen LogP contribution in [0.2, 0.25) is 0 Å². The van der Waals surface area contributed by atoms with Crippen molar-refractivity contribution >= 4 is 34.0 Å². The van der Waals surface area contributed by atoms with E-state index >= 15 is 0 Å². The minimum atomic E-state index is -5.06. The largest absolute Gasteiger partial charge is 0.496 e. The Bertz CT molecular complexity index is 1400. The number of ether oxygens (including phenoxy) is 1. The third-order valence-electron chi connectivity index (χ3n) is 5.15. The molecule has 36 heavy (non-hydrogen) atoms. The van der Waals surface area contributed by atoms with Gasteiger partial charge >= 0.3 is 12.4 Å². The molecule has 0 saturated carbocycles. The van der Waals surface area contributed by atoms with Crippen molar-refractivity contribution in [2.24, 2.45) is 0 Å². The van der Waals surface area contributed by atoms with Crippen LogP contribution < -0.4 is 15.4 Å². The SMILES string of the molecule is COc1cccc2nc(Nc3cccc(NC(=O)c4cc(C(F)(F)F)cc(C(F)(F)F)c4)c3)ccc12. The van der Waals surface area contributed by atoms with Crippen LogP contribution in [0.4, 0.5) is 43.5 Å². The molecule has 186 valence electrons. The Balaban J connectivity index is 1.57. The second-order valence-electron chi connectivity index (χ2n) is 7.68. The molecule has 0 spiro atoms. The van der Waals surface area contributed by atoms with Crippen molar-refractivity contribution in [2.45, 2.75) is 12.4 Å². The van der Waals surface area contributed by atoms with Gasteiger partial charge in [0, 0.05) is 22.3 Å². The van der Waals surface area contributed by atoms with Gasteiger partial charge in [0.1, 0.15) is 11.6 Å². The number of alkyl halides is 6. The van der Waals surface area contributed by atoms with Crippen LogP contribution >= 0.6 is 0 Å². The summed E-state index contributed by atoms with van der Waals surface area (Å²) in [6.45, 7) is 0. The molecule has 1 aromatic heterocycles. The zero-order valence-electron chi connectivity index (χ0n) is 18.5. The second-order valence-corrected chi connectivity index (χ2v) is 7.68. The average Bonchev–Trinajstić information content (AvgIpc) is 2.82. The Morgan fingerprint density at radius 1 is 0.806 bits per heavy atom. The maximum Gasteiger partial charge on any atom is 0.416 e. The number of benzene rings is 3. The number of carbonyl (C=O) groups excluding carboxylic acids is 1. The van der Waals surface area contributed by atoms with Crippen LogP contribution in [0.1, 0.15) is 21.5 Å². The van der Waals surface area contributed by atoms with Gasteiger partial charge in [0.05, 0.1) is 23.8 Å². The molecular formula is C25H17F6N3O2. The molecule has 3 aromatic carbocycles. The minimum Gasteiger partial charge on any atom is -0.496 e. The van der Waals surface area contributed by atoms with Crippen molar-refractivity contribution in [3.05, 3.63) is 89.5 Å². The molecule has 0 radical (unpaired) electrons. The number of pyridine rings is 1. The van der Waals surface area contributed by atoms with E-state index in [0.29, 0.717) is 34.9 Å². The maximum absolute atomic E-state index is 13.1. The van der Waals surface area contributed by atoms with Crippen molar-refractivity contribution in [1.82, 2.24) is 4.98 Å². The minimum absolute atomic E-state index is 0.0343. The van der Waals surface area contributed by atoms with Gasteiger partial charge in [0.2, 0.25) is 0 Å². The molecule has 0 aliphatic rings. The van der Waals surface area contributed by atoms with Crippen molar-refractivity contribution in [2.75, 3.05) is 17.7 Å². The number of methoxy groups -OCH3 is 1. The van der Waals surface area contributed by atoms with E-state index in [9.17, 15) is 31.1 Å². The summed E-state index contributed by atoms with van der Waals surface area (Å²) >= 11 is 0. The lowest BCUT2D eigenvalue weighted by molar-refractivity contribution is -0.143. The highest BCUT2D eigenvalue weighted by atomic mass is 19.4. The van der Waals surface area contributed by atoms with Gasteiger partial charge in [-0.1, -0.05) is 12.1 Å². The first-order valence-electron chi connectivity index (χ1n) is 10.4. The predicted molar refractivity (Wildman–Crippen MR) is 122 cm³/mol. The second kappa shape index (κ2) is 9.40. The van der Waals surface area contributed by atoms with Crippen molar-refractivity contribution in [3.63, 3.8) is 0 Å². The van der Waals surface area contributed by atoms with Crippen molar-refractivity contribution < 1.29 is 35.9 Å². The van der Waals surface area contributed by atoms with Gasteiger partial charge in [0.25, 0.3) is 5.91 Å². The Kier molecular flexibility index (Phi) is 6.49. The van der Waals surface area contributed by atoms with Gasteiger partial charge in [-0.15, -0.1) is 0 Å². The number of hydrogen-bond acceptors (Lipinski definition) is 4. The summed E-state index contributed by atoms with van der Waals surface area (Å²) in [6.07, 6.45) is -10.1. The first kappa shape index (κ1) is 24.8. The van der Waals surface area contributed by atoms with Gasteiger partial charge in [-0.3, -0.25) is 4.79 Å².